The maximum atomic E-state index is 12.2. The van der Waals surface area contributed by atoms with E-state index in [1.54, 1.807) is 36.4 Å². The van der Waals surface area contributed by atoms with E-state index in [1.165, 1.54) is 32.3 Å². The van der Waals surface area contributed by atoms with Crippen LogP contribution in [0.2, 0.25) is 0 Å². The molecule has 1 heterocycles. The molecule has 2 aromatic carbocycles. The summed E-state index contributed by atoms with van der Waals surface area (Å²) >= 11 is 0. The van der Waals surface area contributed by atoms with E-state index >= 15 is 0 Å². The number of imide groups is 2. The molecule has 0 spiro atoms. The zero-order valence-corrected chi connectivity index (χ0v) is 15.7. The van der Waals surface area contributed by atoms with Crippen LogP contribution in [0.1, 0.15) is 11.1 Å². The summed E-state index contributed by atoms with van der Waals surface area (Å²) in [7, 11) is 2.63. The SMILES string of the molecule is CN1C(=O)C(=Cc2ccc(OCc3ccc([N+](=O)[O-])cc3)cc2)C(=O)N(C)C1=O. The van der Waals surface area contributed by atoms with E-state index in [2.05, 4.69) is 0 Å². The zero-order valence-electron chi connectivity index (χ0n) is 15.7. The summed E-state index contributed by atoms with van der Waals surface area (Å²) in [6.45, 7) is 0.229. The van der Waals surface area contributed by atoms with Gasteiger partial charge in [0.05, 0.1) is 4.92 Å². The van der Waals surface area contributed by atoms with Crippen LogP contribution in [0, 0.1) is 10.1 Å². The minimum atomic E-state index is -0.674. The third-order valence-electron chi connectivity index (χ3n) is 4.39. The van der Waals surface area contributed by atoms with Gasteiger partial charge in [-0.15, -0.1) is 0 Å². The van der Waals surface area contributed by atoms with Gasteiger partial charge in [0, 0.05) is 26.2 Å². The molecule has 9 nitrogen and oxygen atoms in total. The van der Waals surface area contributed by atoms with E-state index in [4.69, 9.17) is 4.74 Å². The predicted octanol–water partition coefficient (Wildman–Crippen LogP) is 2.61. The number of barbiturate groups is 1. The number of urea groups is 1. The first-order chi connectivity index (χ1) is 13.8. The molecule has 4 amide bonds. The Morgan fingerprint density at radius 1 is 0.931 bits per heavy atom. The number of amides is 4. The second-order valence-corrected chi connectivity index (χ2v) is 6.35. The number of ether oxygens (including phenoxy) is 1. The Morgan fingerprint density at radius 2 is 1.48 bits per heavy atom. The summed E-state index contributed by atoms with van der Waals surface area (Å²) in [6.07, 6.45) is 1.42. The van der Waals surface area contributed by atoms with Crippen molar-refractivity contribution in [2.75, 3.05) is 14.1 Å². The maximum Gasteiger partial charge on any atom is 0.333 e. The van der Waals surface area contributed by atoms with Crippen LogP contribution in [0.25, 0.3) is 6.08 Å². The first kappa shape index (κ1) is 19.7. The Labute approximate surface area is 165 Å². The largest absolute Gasteiger partial charge is 0.489 e. The standard InChI is InChI=1S/C20H17N3O6/c1-21-18(24)17(19(25)22(2)20(21)26)11-13-5-9-16(10-6-13)29-12-14-3-7-15(8-4-14)23(27)28/h3-11H,12H2,1-2H3. The van der Waals surface area contributed by atoms with E-state index in [-0.39, 0.29) is 17.9 Å². The number of hydrogen-bond acceptors (Lipinski definition) is 6. The molecule has 148 valence electrons. The Hall–Kier alpha value is -4.01. The van der Waals surface area contributed by atoms with Crippen LogP contribution in [-0.2, 0) is 16.2 Å². The number of hydrogen-bond donors (Lipinski definition) is 0. The highest BCUT2D eigenvalue weighted by Gasteiger charge is 2.37. The van der Waals surface area contributed by atoms with Crippen LogP contribution in [0.5, 0.6) is 5.75 Å². The van der Waals surface area contributed by atoms with E-state index in [0.29, 0.717) is 11.3 Å². The van der Waals surface area contributed by atoms with Crippen molar-refractivity contribution in [1.82, 2.24) is 9.80 Å². The summed E-state index contributed by atoms with van der Waals surface area (Å²) in [4.78, 5) is 48.1. The number of rotatable bonds is 5. The van der Waals surface area contributed by atoms with Crippen molar-refractivity contribution >= 4 is 29.6 Å². The number of carbonyl (C=O) groups excluding carboxylic acids is 3. The fourth-order valence-corrected chi connectivity index (χ4v) is 2.68. The highest BCUT2D eigenvalue weighted by atomic mass is 16.6. The summed E-state index contributed by atoms with van der Waals surface area (Å²) in [5, 5.41) is 10.7. The van der Waals surface area contributed by atoms with E-state index in [9.17, 15) is 24.5 Å². The summed E-state index contributed by atoms with van der Waals surface area (Å²) in [5.74, 6) is -0.760. The van der Waals surface area contributed by atoms with Crippen molar-refractivity contribution in [3.63, 3.8) is 0 Å². The molecule has 0 atom stereocenters. The van der Waals surface area contributed by atoms with Crippen molar-refractivity contribution in [1.29, 1.82) is 0 Å². The number of nitro groups is 1. The first-order valence-electron chi connectivity index (χ1n) is 8.56. The maximum absolute atomic E-state index is 12.2. The van der Waals surface area contributed by atoms with Crippen LogP contribution < -0.4 is 4.74 Å². The van der Waals surface area contributed by atoms with Gasteiger partial charge >= 0.3 is 6.03 Å². The lowest BCUT2D eigenvalue weighted by molar-refractivity contribution is -0.384. The van der Waals surface area contributed by atoms with Crippen LogP contribution in [0.15, 0.2) is 54.1 Å². The fourth-order valence-electron chi connectivity index (χ4n) is 2.68. The van der Waals surface area contributed by atoms with Crippen LogP contribution in [-0.4, -0.2) is 46.7 Å². The zero-order chi connectivity index (χ0) is 21.1. The molecule has 9 heteroatoms. The number of benzene rings is 2. The molecule has 0 radical (unpaired) electrons. The molecule has 1 fully saturated rings. The van der Waals surface area contributed by atoms with Gasteiger partial charge in [-0.2, -0.15) is 0 Å². The molecule has 2 aromatic rings. The predicted molar refractivity (Wildman–Crippen MR) is 103 cm³/mol. The van der Waals surface area contributed by atoms with Crippen molar-refractivity contribution in [2.24, 2.45) is 0 Å². The van der Waals surface area contributed by atoms with Crippen molar-refractivity contribution in [3.05, 3.63) is 75.3 Å². The molecule has 1 saturated heterocycles. The van der Waals surface area contributed by atoms with E-state index < -0.39 is 22.8 Å². The Morgan fingerprint density at radius 3 is 2.00 bits per heavy atom. The second kappa shape index (κ2) is 7.93. The van der Waals surface area contributed by atoms with Gasteiger partial charge in [0.15, 0.2) is 0 Å². The smallest absolute Gasteiger partial charge is 0.333 e. The second-order valence-electron chi connectivity index (χ2n) is 6.35. The molecule has 0 bridgehead atoms. The Balaban J connectivity index is 1.69. The minimum absolute atomic E-state index is 0.0101. The van der Waals surface area contributed by atoms with Crippen molar-refractivity contribution in [2.45, 2.75) is 6.61 Å². The molecule has 1 aliphatic rings. The van der Waals surface area contributed by atoms with Gasteiger partial charge in [0.2, 0.25) is 0 Å². The average molecular weight is 395 g/mol. The molecule has 0 N–H and O–H groups in total. The Bertz CT molecular complexity index is 986. The summed E-state index contributed by atoms with van der Waals surface area (Å²) < 4.78 is 5.64. The fraction of sp³-hybridized carbons (Fsp3) is 0.150. The lowest BCUT2D eigenvalue weighted by atomic mass is 10.1. The van der Waals surface area contributed by atoms with Crippen LogP contribution >= 0.6 is 0 Å². The molecule has 3 rings (SSSR count). The highest BCUT2D eigenvalue weighted by Crippen LogP contribution is 2.20. The number of nitro benzene ring substituents is 1. The van der Waals surface area contributed by atoms with Gasteiger partial charge < -0.3 is 4.74 Å². The minimum Gasteiger partial charge on any atom is -0.489 e. The summed E-state index contributed by atoms with van der Waals surface area (Å²) in [6, 6.07) is 12.1. The molecule has 0 aliphatic carbocycles. The summed E-state index contributed by atoms with van der Waals surface area (Å²) in [5.41, 5.74) is 1.28. The van der Waals surface area contributed by atoms with E-state index in [1.807, 2.05) is 0 Å². The topological polar surface area (TPSA) is 110 Å². The third kappa shape index (κ3) is 4.13. The van der Waals surface area contributed by atoms with Crippen LogP contribution in [0.4, 0.5) is 10.5 Å². The van der Waals surface area contributed by atoms with Gasteiger partial charge in [-0.25, -0.2) is 4.79 Å². The first-order valence-corrected chi connectivity index (χ1v) is 8.56. The van der Waals surface area contributed by atoms with Gasteiger partial charge in [-0.1, -0.05) is 12.1 Å². The molecular weight excluding hydrogens is 378 g/mol. The molecule has 0 unspecified atom stereocenters. The number of likely N-dealkylation sites (N-methyl/N-ethyl adjacent to an activating group) is 2. The highest BCUT2D eigenvalue weighted by molar-refractivity contribution is 6.30. The molecule has 29 heavy (non-hydrogen) atoms. The van der Waals surface area contributed by atoms with Gasteiger partial charge in [0.1, 0.15) is 17.9 Å². The van der Waals surface area contributed by atoms with Crippen molar-refractivity contribution in [3.8, 4) is 5.75 Å². The Kier molecular flexibility index (Phi) is 5.40. The number of carbonyl (C=O) groups is 3. The van der Waals surface area contributed by atoms with E-state index in [0.717, 1.165) is 15.4 Å². The number of non-ortho nitro benzene ring substituents is 1. The van der Waals surface area contributed by atoms with Gasteiger partial charge in [-0.3, -0.25) is 29.5 Å². The normalized spacial score (nSPS) is 14.3. The van der Waals surface area contributed by atoms with Crippen LogP contribution in [0.3, 0.4) is 0 Å². The number of nitrogens with zero attached hydrogens (tertiary/aromatic N) is 3. The molecule has 0 aromatic heterocycles. The molecule has 0 saturated carbocycles. The van der Waals surface area contributed by atoms with Gasteiger partial charge in [-0.05, 0) is 41.5 Å². The quantitative estimate of drug-likeness (QED) is 0.333. The lowest BCUT2D eigenvalue weighted by Gasteiger charge is -2.28. The third-order valence-corrected chi connectivity index (χ3v) is 4.39. The molecular formula is C20H17N3O6. The average Bonchev–Trinajstić information content (AvgIpc) is 2.73. The van der Waals surface area contributed by atoms with Gasteiger partial charge in [0.25, 0.3) is 17.5 Å². The lowest BCUT2D eigenvalue weighted by Crippen LogP contribution is -2.52. The monoisotopic (exact) mass is 395 g/mol. The van der Waals surface area contributed by atoms with Crippen molar-refractivity contribution < 1.29 is 24.0 Å². The molecule has 1 aliphatic heterocycles.